The first kappa shape index (κ1) is 27.5. The summed E-state index contributed by atoms with van der Waals surface area (Å²) in [5.41, 5.74) is 4.80. The van der Waals surface area contributed by atoms with Gasteiger partial charge in [-0.2, -0.15) is 0 Å². The summed E-state index contributed by atoms with van der Waals surface area (Å²) in [6.45, 7) is 10.5. The predicted molar refractivity (Wildman–Crippen MR) is 146 cm³/mol. The lowest BCUT2D eigenvalue weighted by atomic mass is 9.83. The van der Waals surface area contributed by atoms with Crippen LogP contribution >= 0.6 is 0 Å². The second kappa shape index (κ2) is 10.7. The molecule has 1 N–H and O–H groups in total. The van der Waals surface area contributed by atoms with Gasteiger partial charge in [0, 0.05) is 12.1 Å². The number of hydrogen-bond donors (Lipinski definition) is 1. The van der Waals surface area contributed by atoms with Crippen LogP contribution in [0.3, 0.4) is 0 Å². The fourth-order valence-corrected chi connectivity index (χ4v) is 7.12. The van der Waals surface area contributed by atoms with E-state index in [2.05, 4.69) is 6.07 Å². The molecule has 1 atom stereocenters. The topological polar surface area (TPSA) is 93.1 Å². The highest BCUT2D eigenvalue weighted by Crippen LogP contribution is 2.45. The molecule has 2 aromatic rings. The zero-order chi connectivity index (χ0) is 27.0. The Morgan fingerprint density at radius 1 is 1.19 bits per heavy atom. The second-order valence-corrected chi connectivity index (χ2v) is 13.1. The van der Waals surface area contributed by atoms with Crippen molar-refractivity contribution < 1.29 is 27.8 Å². The second-order valence-electron chi connectivity index (χ2n) is 11.0. The van der Waals surface area contributed by atoms with Crippen molar-refractivity contribution in [3.8, 4) is 16.9 Å². The van der Waals surface area contributed by atoms with E-state index in [-0.39, 0.29) is 5.75 Å². The molecule has 7 nitrogen and oxygen atoms in total. The number of sulfonamides is 1. The lowest BCUT2D eigenvalue weighted by Crippen LogP contribution is -2.38. The minimum absolute atomic E-state index is 0.0742. The fraction of sp³-hybridized carbons (Fsp3) is 0.552. The zero-order valence-electron chi connectivity index (χ0n) is 22.6. The first-order valence-electron chi connectivity index (χ1n) is 13.3. The normalized spacial score (nSPS) is 16.5. The van der Waals surface area contributed by atoms with E-state index in [9.17, 15) is 18.3 Å². The quantitative estimate of drug-likeness (QED) is 0.464. The van der Waals surface area contributed by atoms with Gasteiger partial charge in [0.25, 0.3) is 0 Å². The Morgan fingerprint density at radius 3 is 2.62 bits per heavy atom. The summed E-state index contributed by atoms with van der Waals surface area (Å²) in [4.78, 5) is 12.7. The summed E-state index contributed by atoms with van der Waals surface area (Å²) >= 11 is 0. The van der Waals surface area contributed by atoms with Crippen molar-refractivity contribution in [3.05, 3.63) is 46.5 Å². The van der Waals surface area contributed by atoms with E-state index in [1.54, 1.807) is 0 Å². The van der Waals surface area contributed by atoms with Crippen LogP contribution in [-0.2, 0) is 32.4 Å². The van der Waals surface area contributed by atoms with Crippen LogP contribution < -0.4 is 9.04 Å². The van der Waals surface area contributed by atoms with Crippen LogP contribution in [0.2, 0.25) is 0 Å². The molecule has 0 aliphatic carbocycles. The van der Waals surface area contributed by atoms with Crippen molar-refractivity contribution in [2.45, 2.75) is 84.8 Å². The van der Waals surface area contributed by atoms with E-state index in [4.69, 9.17) is 9.47 Å². The Bertz CT molecular complexity index is 1280. The highest BCUT2D eigenvalue weighted by Gasteiger charge is 2.37. The van der Waals surface area contributed by atoms with Crippen LogP contribution in [0.5, 0.6) is 5.75 Å². The first-order chi connectivity index (χ1) is 17.4. The summed E-state index contributed by atoms with van der Waals surface area (Å²) in [5.74, 6) is -0.151. The van der Waals surface area contributed by atoms with E-state index in [1.807, 2.05) is 52.8 Å². The van der Waals surface area contributed by atoms with Gasteiger partial charge in [-0.1, -0.05) is 19.4 Å². The summed E-state index contributed by atoms with van der Waals surface area (Å²) in [6, 6.07) is 7.93. The highest BCUT2D eigenvalue weighted by molar-refractivity contribution is 7.92. The number of unbranched alkanes of at least 4 members (excludes halogenated alkanes) is 1. The van der Waals surface area contributed by atoms with Crippen molar-refractivity contribution >= 4 is 21.7 Å². The SMILES string of the molecule is CCCCS(=O)(=O)N1CCCc2c1cc(C)c(-c1ccc3c(c1)CCCO3)c2C(OC(C)(C)C)C(=O)O. The Hall–Kier alpha value is -2.58. The number of nitrogens with zero attached hydrogens (tertiary/aromatic N) is 1. The van der Waals surface area contributed by atoms with Crippen LogP contribution in [-0.4, -0.2) is 44.0 Å². The molecule has 4 rings (SSSR count). The largest absolute Gasteiger partial charge is 0.493 e. The lowest BCUT2D eigenvalue weighted by Gasteiger charge is -2.36. The minimum atomic E-state index is -3.53. The van der Waals surface area contributed by atoms with Gasteiger partial charge in [-0.25, -0.2) is 13.2 Å². The third-order valence-electron chi connectivity index (χ3n) is 6.95. The first-order valence-corrected chi connectivity index (χ1v) is 14.9. The molecule has 2 aromatic carbocycles. The Labute approximate surface area is 220 Å². The molecule has 1 unspecified atom stereocenters. The smallest absolute Gasteiger partial charge is 0.337 e. The standard InChI is InChI=1S/C29H39NO6S/c1-6-7-16-37(33,34)30-14-8-11-22-23(30)17-19(2)25(26(22)27(28(31)32)36-29(3,4)5)21-12-13-24-20(18-21)10-9-15-35-24/h12-13,17-18,27H,6-11,14-16H2,1-5H3,(H,31,32). The van der Waals surface area contributed by atoms with E-state index >= 15 is 0 Å². The number of carboxylic acids is 1. The summed E-state index contributed by atoms with van der Waals surface area (Å²) in [6.07, 6.45) is 3.16. The number of carbonyl (C=O) groups is 1. The van der Waals surface area contributed by atoms with Gasteiger partial charge in [0.15, 0.2) is 6.10 Å². The Kier molecular flexibility index (Phi) is 7.91. The number of benzene rings is 2. The molecule has 0 aromatic heterocycles. The molecule has 0 saturated heterocycles. The van der Waals surface area contributed by atoms with Gasteiger partial charge < -0.3 is 14.6 Å². The number of carboxylic acid groups (broad SMARTS) is 1. The highest BCUT2D eigenvalue weighted by atomic mass is 32.2. The molecular weight excluding hydrogens is 490 g/mol. The van der Waals surface area contributed by atoms with E-state index in [0.29, 0.717) is 43.7 Å². The van der Waals surface area contributed by atoms with Gasteiger partial charge in [-0.15, -0.1) is 0 Å². The number of ether oxygens (including phenoxy) is 2. The molecule has 2 aliphatic rings. The van der Waals surface area contributed by atoms with Gasteiger partial charge in [0.2, 0.25) is 10.0 Å². The van der Waals surface area contributed by atoms with Gasteiger partial charge in [0.05, 0.1) is 23.6 Å². The predicted octanol–water partition coefficient (Wildman–Crippen LogP) is 5.81. The third-order valence-corrected chi connectivity index (χ3v) is 8.81. The summed E-state index contributed by atoms with van der Waals surface area (Å²) < 4.78 is 40.2. The van der Waals surface area contributed by atoms with Gasteiger partial charge in [-0.3, -0.25) is 4.31 Å². The van der Waals surface area contributed by atoms with Gasteiger partial charge in [0.1, 0.15) is 5.75 Å². The number of anilines is 1. The molecule has 0 spiro atoms. The zero-order valence-corrected chi connectivity index (χ0v) is 23.4. The number of aliphatic carboxylic acids is 1. The average Bonchev–Trinajstić information content (AvgIpc) is 2.84. The molecule has 0 radical (unpaired) electrons. The third kappa shape index (κ3) is 5.80. The van der Waals surface area contributed by atoms with Crippen LogP contribution in [0.4, 0.5) is 5.69 Å². The van der Waals surface area contributed by atoms with E-state index in [1.165, 1.54) is 4.31 Å². The van der Waals surface area contributed by atoms with Gasteiger partial charge in [-0.05, 0) is 106 Å². The Balaban J connectivity index is 1.98. The maximum absolute atomic E-state index is 13.3. The summed E-state index contributed by atoms with van der Waals surface area (Å²) in [7, 11) is -3.53. The van der Waals surface area contributed by atoms with E-state index < -0.39 is 27.7 Å². The maximum atomic E-state index is 13.3. The maximum Gasteiger partial charge on any atom is 0.337 e. The molecule has 2 aliphatic heterocycles. The fourth-order valence-electron chi connectivity index (χ4n) is 5.37. The van der Waals surface area contributed by atoms with E-state index in [0.717, 1.165) is 52.8 Å². The molecule has 0 fully saturated rings. The van der Waals surface area contributed by atoms with Crippen molar-refractivity contribution in [1.82, 2.24) is 0 Å². The van der Waals surface area contributed by atoms with Crippen molar-refractivity contribution in [3.63, 3.8) is 0 Å². The molecular formula is C29H39NO6S. The number of hydrogen-bond acceptors (Lipinski definition) is 5. The average molecular weight is 530 g/mol. The Morgan fingerprint density at radius 2 is 1.95 bits per heavy atom. The van der Waals surface area contributed by atoms with Crippen molar-refractivity contribution in [1.29, 1.82) is 0 Å². The monoisotopic (exact) mass is 529 g/mol. The van der Waals surface area contributed by atoms with Gasteiger partial charge >= 0.3 is 5.97 Å². The van der Waals surface area contributed by atoms with Crippen LogP contribution in [0.25, 0.3) is 11.1 Å². The van der Waals surface area contributed by atoms with Crippen molar-refractivity contribution in [2.75, 3.05) is 23.2 Å². The molecule has 0 amide bonds. The van der Waals surface area contributed by atoms with Crippen LogP contribution in [0.15, 0.2) is 24.3 Å². The summed E-state index contributed by atoms with van der Waals surface area (Å²) in [5, 5.41) is 10.4. The minimum Gasteiger partial charge on any atom is -0.493 e. The van der Waals surface area contributed by atoms with Crippen LogP contribution in [0, 0.1) is 6.92 Å². The lowest BCUT2D eigenvalue weighted by molar-refractivity contribution is -0.160. The molecule has 37 heavy (non-hydrogen) atoms. The molecule has 8 heteroatoms. The number of rotatable bonds is 8. The molecule has 2 heterocycles. The number of aryl methyl sites for hydroxylation is 2. The molecule has 0 bridgehead atoms. The number of fused-ring (bicyclic) bond motifs is 2. The van der Waals surface area contributed by atoms with Crippen molar-refractivity contribution in [2.24, 2.45) is 0 Å². The van der Waals surface area contributed by atoms with Crippen LogP contribution in [0.1, 0.15) is 81.7 Å². The molecule has 0 saturated carbocycles. The molecule has 202 valence electrons.